The quantitative estimate of drug-likeness (QED) is 0.817. The number of likely N-dealkylation sites (tertiary alicyclic amines) is 1. The third kappa shape index (κ3) is 4.23. The molecule has 3 heterocycles. The van der Waals surface area contributed by atoms with Gasteiger partial charge in [0.05, 0.1) is 18.7 Å². The maximum Gasteiger partial charge on any atom is 0.236 e. The van der Waals surface area contributed by atoms with Crippen molar-refractivity contribution in [2.24, 2.45) is 0 Å². The number of piperazine rings is 1. The van der Waals surface area contributed by atoms with E-state index in [1.165, 1.54) is 0 Å². The molecule has 1 aromatic rings. The van der Waals surface area contributed by atoms with E-state index in [0.29, 0.717) is 19.5 Å². The molecule has 1 aromatic heterocycles. The van der Waals surface area contributed by atoms with Gasteiger partial charge in [0.2, 0.25) is 11.8 Å². The Kier molecular flexibility index (Phi) is 6.01. The number of nitrogens with zero attached hydrogens (tertiary/aromatic N) is 3. The molecule has 8 heteroatoms. The maximum atomic E-state index is 12.4. The van der Waals surface area contributed by atoms with Crippen LogP contribution in [-0.2, 0) is 16.0 Å². The molecular formula is C15H24ClN5O2. The summed E-state index contributed by atoms with van der Waals surface area (Å²) in [6, 6.07) is 2.06. The molecule has 23 heavy (non-hydrogen) atoms. The van der Waals surface area contributed by atoms with E-state index in [2.05, 4.69) is 15.5 Å². The van der Waals surface area contributed by atoms with E-state index < -0.39 is 0 Å². The summed E-state index contributed by atoms with van der Waals surface area (Å²) in [6.07, 6.45) is 2.26. The van der Waals surface area contributed by atoms with Crippen LogP contribution < -0.4 is 5.32 Å². The number of halogens is 1. The lowest BCUT2D eigenvalue weighted by Gasteiger charge is -2.41. The SMILES string of the molecule is Cc1cc(CC(=O)N2CCCC(N3CCNCC3=O)C2)n[nH]1.Cl. The number of aromatic amines is 1. The van der Waals surface area contributed by atoms with E-state index in [9.17, 15) is 9.59 Å². The molecule has 0 radical (unpaired) electrons. The summed E-state index contributed by atoms with van der Waals surface area (Å²) in [4.78, 5) is 28.3. The van der Waals surface area contributed by atoms with E-state index in [0.717, 1.165) is 43.9 Å². The minimum atomic E-state index is 0. The predicted molar refractivity (Wildman–Crippen MR) is 88.5 cm³/mol. The maximum absolute atomic E-state index is 12.4. The van der Waals surface area contributed by atoms with Crippen LogP contribution in [0.15, 0.2) is 6.07 Å². The number of H-pyrrole nitrogens is 1. The van der Waals surface area contributed by atoms with Crippen LogP contribution in [0, 0.1) is 6.92 Å². The second kappa shape index (κ2) is 7.79. The van der Waals surface area contributed by atoms with E-state index >= 15 is 0 Å². The number of aryl methyl sites for hydroxylation is 1. The molecule has 0 spiro atoms. The Hall–Kier alpha value is -1.60. The number of hydrogen-bond acceptors (Lipinski definition) is 4. The van der Waals surface area contributed by atoms with Crippen LogP contribution in [0.5, 0.6) is 0 Å². The summed E-state index contributed by atoms with van der Waals surface area (Å²) in [7, 11) is 0. The molecule has 0 bridgehead atoms. The lowest BCUT2D eigenvalue weighted by atomic mass is 10.0. The Labute approximate surface area is 142 Å². The van der Waals surface area contributed by atoms with Gasteiger partial charge in [-0.25, -0.2) is 0 Å². The fourth-order valence-electron chi connectivity index (χ4n) is 3.27. The first-order chi connectivity index (χ1) is 10.6. The number of amides is 2. The lowest BCUT2D eigenvalue weighted by molar-refractivity contribution is -0.140. The van der Waals surface area contributed by atoms with Crippen LogP contribution in [0.3, 0.4) is 0 Å². The molecule has 1 atom stereocenters. The molecule has 2 aliphatic rings. The van der Waals surface area contributed by atoms with E-state index in [1.807, 2.05) is 22.8 Å². The summed E-state index contributed by atoms with van der Waals surface area (Å²) < 4.78 is 0. The van der Waals surface area contributed by atoms with Gasteiger partial charge in [-0.1, -0.05) is 0 Å². The Morgan fingerprint density at radius 3 is 2.96 bits per heavy atom. The lowest BCUT2D eigenvalue weighted by Crippen LogP contribution is -2.57. The van der Waals surface area contributed by atoms with Gasteiger partial charge in [0, 0.05) is 37.9 Å². The fraction of sp³-hybridized carbons (Fsp3) is 0.667. The number of rotatable bonds is 3. The fourth-order valence-corrected chi connectivity index (χ4v) is 3.27. The molecule has 1 unspecified atom stereocenters. The number of nitrogens with one attached hydrogen (secondary N) is 2. The van der Waals surface area contributed by atoms with Crippen molar-refractivity contribution in [2.75, 3.05) is 32.7 Å². The molecule has 2 N–H and O–H groups in total. The minimum Gasteiger partial charge on any atom is -0.340 e. The Balaban J connectivity index is 0.00000192. The number of piperidine rings is 1. The van der Waals surface area contributed by atoms with Gasteiger partial charge in [-0.15, -0.1) is 12.4 Å². The van der Waals surface area contributed by atoms with Crippen molar-refractivity contribution in [3.8, 4) is 0 Å². The highest BCUT2D eigenvalue weighted by Crippen LogP contribution is 2.18. The second-order valence-corrected chi connectivity index (χ2v) is 6.12. The Bertz CT molecular complexity index is 562. The van der Waals surface area contributed by atoms with Crippen molar-refractivity contribution >= 4 is 24.2 Å². The first-order valence-corrected chi connectivity index (χ1v) is 7.92. The summed E-state index contributed by atoms with van der Waals surface area (Å²) in [5.74, 6) is 0.243. The van der Waals surface area contributed by atoms with Crippen LogP contribution in [0.4, 0.5) is 0 Å². The average molecular weight is 342 g/mol. The van der Waals surface area contributed by atoms with E-state index in [4.69, 9.17) is 0 Å². The zero-order valence-electron chi connectivity index (χ0n) is 13.4. The topological polar surface area (TPSA) is 81.3 Å². The van der Waals surface area contributed by atoms with Crippen LogP contribution in [-0.4, -0.2) is 70.6 Å². The van der Waals surface area contributed by atoms with Crippen LogP contribution in [0.25, 0.3) is 0 Å². The molecule has 2 saturated heterocycles. The zero-order valence-corrected chi connectivity index (χ0v) is 14.2. The summed E-state index contributed by atoms with van der Waals surface area (Å²) in [5.41, 5.74) is 1.74. The van der Waals surface area contributed by atoms with Crippen LogP contribution in [0.1, 0.15) is 24.2 Å². The van der Waals surface area contributed by atoms with Crippen LogP contribution in [0.2, 0.25) is 0 Å². The van der Waals surface area contributed by atoms with Crippen LogP contribution >= 0.6 is 12.4 Å². The van der Waals surface area contributed by atoms with Crippen molar-refractivity contribution in [1.29, 1.82) is 0 Å². The zero-order chi connectivity index (χ0) is 15.5. The molecular weight excluding hydrogens is 318 g/mol. The highest BCUT2D eigenvalue weighted by Gasteiger charge is 2.31. The van der Waals surface area contributed by atoms with Gasteiger partial charge in [0.15, 0.2) is 0 Å². The smallest absolute Gasteiger partial charge is 0.236 e. The van der Waals surface area contributed by atoms with Gasteiger partial charge in [-0.2, -0.15) is 5.10 Å². The summed E-state index contributed by atoms with van der Waals surface area (Å²) in [5, 5.41) is 10.1. The first kappa shape index (κ1) is 17.7. The van der Waals surface area contributed by atoms with Gasteiger partial charge in [-0.3, -0.25) is 14.7 Å². The molecule has 2 amide bonds. The predicted octanol–water partition coefficient (Wildman–Crippen LogP) is 0.105. The standard InChI is InChI=1S/C15H23N5O2.ClH/c1-11-7-12(18-17-11)8-14(21)19-5-2-3-13(10-19)20-6-4-16-9-15(20)22;/h7,13,16H,2-6,8-10H2,1H3,(H,17,18);1H. The van der Waals surface area contributed by atoms with E-state index in [1.54, 1.807) is 0 Å². The summed E-state index contributed by atoms with van der Waals surface area (Å²) in [6.45, 7) is 5.34. The average Bonchev–Trinajstić information content (AvgIpc) is 2.93. The number of carbonyl (C=O) groups excluding carboxylic acids is 2. The van der Waals surface area contributed by atoms with Gasteiger partial charge >= 0.3 is 0 Å². The molecule has 0 saturated carbocycles. The number of carbonyl (C=O) groups is 2. The number of hydrogen-bond donors (Lipinski definition) is 2. The normalized spacial score (nSPS) is 22.0. The molecule has 7 nitrogen and oxygen atoms in total. The van der Waals surface area contributed by atoms with Gasteiger partial charge in [0.25, 0.3) is 0 Å². The molecule has 128 valence electrons. The van der Waals surface area contributed by atoms with Gasteiger partial charge in [-0.05, 0) is 25.8 Å². The number of aromatic nitrogens is 2. The molecule has 0 aromatic carbocycles. The first-order valence-electron chi connectivity index (χ1n) is 7.92. The van der Waals surface area contributed by atoms with Crippen molar-refractivity contribution < 1.29 is 9.59 Å². The molecule has 0 aliphatic carbocycles. The Morgan fingerprint density at radius 2 is 2.26 bits per heavy atom. The minimum absolute atomic E-state index is 0. The van der Waals surface area contributed by atoms with Gasteiger partial charge < -0.3 is 15.1 Å². The Morgan fingerprint density at radius 1 is 1.43 bits per heavy atom. The molecule has 3 rings (SSSR count). The monoisotopic (exact) mass is 341 g/mol. The van der Waals surface area contributed by atoms with E-state index in [-0.39, 0.29) is 30.3 Å². The third-order valence-corrected chi connectivity index (χ3v) is 4.41. The largest absolute Gasteiger partial charge is 0.340 e. The molecule has 2 fully saturated rings. The second-order valence-electron chi connectivity index (χ2n) is 6.12. The van der Waals surface area contributed by atoms with Gasteiger partial charge in [0.1, 0.15) is 0 Å². The van der Waals surface area contributed by atoms with Crippen molar-refractivity contribution in [1.82, 2.24) is 25.3 Å². The highest BCUT2D eigenvalue weighted by molar-refractivity contribution is 5.85. The van der Waals surface area contributed by atoms with Crippen molar-refractivity contribution in [3.05, 3.63) is 17.5 Å². The summed E-state index contributed by atoms with van der Waals surface area (Å²) >= 11 is 0. The van der Waals surface area contributed by atoms with Crippen molar-refractivity contribution in [3.63, 3.8) is 0 Å². The third-order valence-electron chi connectivity index (χ3n) is 4.41. The highest BCUT2D eigenvalue weighted by atomic mass is 35.5. The molecule has 2 aliphatic heterocycles. The van der Waals surface area contributed by atoms with Crippen molar-refractivity contribution in [2.45, 2.75) is 32.2 Å².